The molecule has 0 aromatic carbocycles. The maximum atomic E-state index is 12.5. The van der Waals surface area contributed by atoms with Crippen LogP contribution in [-0.2, 0) is 23.4 Å². The van der Waals surface area contributed by atoms with Gasteiger partial charge in [-0.15, -0.1) is 23.1 Å². The van der Waals surface area contributed by atoms with Gasteiger partial charge in [-0.25, -0.2) is 14.6 Å². The van der Waals surface area contributed by atoms with Gasteiger partial charge in [0.1, 0.15) is 10.7 Å². The predicted molar refractivity (Wildman–Crippen MR) is 125 cm³/mol. The maximum absolute atomic E-state index is 12.5. The van der Waals surface area contributed by atoms with Gasteiger partial charge in [0, 0.05) is 16.3 Å². The topological polar surface area (TPSA) is 106 Å². The highest BCUT2D eigenvalue weighted by Crippen LogP contribution is 2.34. The van der Waals surface area contributed by atoms with Gasteiger partial charge in [0.05, 0.1) is 35.0 Å². The lowest BCUT2D eigenvalue weighted by Gasteiger charge is -2.07. The number of carbonyl (C=O) groups is 1. The van der Waals surface area contributed by atoms with Crippen LogP contribution >= 0.6 is 23.1 Å². The van der Waals surface area contributed by atoms with Gasteiger partial charge in [-0.1, -0.05) is 0 Å². The minimum Gasteiger partial charge on any atom is -0.324 e. The highest BCUT2D eigenvalue weighted by Gasteiger charge is 2.21. The summed E-state index contributed by atoms with van der Waals surface area (Å²) in [4.78, 5) is 38.9. The minimum absolute atomic E-state index is 0.0641. The Hall–Kier alpha value is -2.72. The van der Waals surface area contributed by atoms with E-state index in [0.29, 0.717) is 17.3 Å². The lowest BCUT2D eigenvalue weighted by Crippen LogP contribution is -2.15. The number of thioether (sulfide) groups is 1. The average Bonchev–Trinajstić information content (AvgIpc) is 3.41. The average molecular weight is 455 g/mol. The molecule has 4 aromatic rings. The summed E-state index contributed by atoms with van der Waals surface area (Å²) < 4.78 is 1.85. The molecule has 5 rings (SSSR count). The van der Waals surface area contributed by atoms with Crippen molar-refractivity contribution < 1.29 is 4.79 Å². The smallest absolute Gasteiger partial charge is 0.259 e. The lowest BCUT2D eigenvalue weighted by atomic mass is 10.2. The van der Waals surface area contributed by atoms with Crippen molar-refractivity contribution in [3.05, 3.63) is 45.1 Å². The van der Waals surface area contributed by atoms with Gasteiger partial charge in [-0.3, -0.25) is 9.59 Å². The molecule has 0 bridgehead atoms. The van der Waals surface area contributed by atoms with Crippen molar-refractivity contribution in [3.8, 4) is 0 Å². The zero-order valence-corrected chi connectivity index (χ0v) is 18.9. The summed E-state index contributed by atoms with van der Waals surface area (Å²) in [5.41, 5.74) is 2.55. The van der Waals surface area contributed by atoms with Crippen molar-refractivity contribution in [2.75, 3.05) is 11.1 Å². The van der Waals surface area contributed by atoms with Crippen LogP contribution in [0.4, 0.5) is 5.69 Å². The molecule has 1 aliphatic rings. The fourth-order valence-corrected chi connectivity index (χ4v) is 5.91. The summed E-state index contributed by atoms with van der Waals surface area (Å²) in [5, 5.41) is 8.86. The van der Waals surface area contributed by atoms with Crippen LogP contribution in [0.2, 0.25) is 0 Å². The van der Waals surface area contributed by atoms with Crippen LogP contribution in [0.3, 0.4) is 0 Å². The first-order chi connectivity index (χ1) is 15.0. The van der Waals surface area contributed by atoms with E-state index in [0.717, 1.165) is 40.5 Å². The van der Waals surface area contributed by atoms with Crippen molar-refractivity contribution >= 4 is 55.9 Å². The van der Waals surface area contributed by atoms with Crippen molar-refractivity contribution in [2.45, 2.75) is 44.9 Å². The molecule has 160 valence electrons. The number of nitrogens with zero attached hydrogens (tertiary/aromatic N) is 4. The molecule has 0 unspecified atom stereocenters. The van der Waals surface area contributed by atoms with E-state index in [1.54, 1.807) is 23.7 Å². The van der Waals surface area contributed by atoms with E-state index in [1.165, 1.54) is 22.2 Å². The lowest BCUT2D eigenvalue weighted by molar-refractivity contribution is -0.113. The first-order valence-corrected chi connectivity index (χ1v) is 12.2. The van der Waals surface area contributed by atoms with Crippen LogP contribution in [0.1, 0.15) is 42.6 Å². The van der Waals surface area contributed by atoms with Crippen molar-refractivity contribution in [3.63, 3.8) is 0 Å². The molecule has 2 N–H and O–H groups in total. The normalized spacial score (nSPS) is 13.4. The van der Waals surface area contributed by atoms with Gasteiger partial charge < -0.3 is 10.3 Å². The number of thiophene rings is 1. The Morgan fingerprint density at radius 1 is 1.35 bits per heavy atom. The third-order valence-corrected chi connectivity index (χ3v) is 7.43. The number of anilines is 1. The van der Waals surface area contributed by atoms with Gasteiger partial charge >= 0.3 is 0 Å². The standard InChI is InChI=1S/C21H22N6O2S2/c1-11(2)27-19-12(7-23-27)6-13(8-22-19)24-17(28)10-30-9-16-25-20(29)18-14-4-3-5-15(14)31-21(18)26-16/h6-8,11H,3-5,9-10H2,1-2H3,(H,24,28)(H,25,26,29). The predicted octanol–water partition coefficient (Wildman–Crippen LogP) is 3.67. The number of nitrogens with one attached hydrogen (secondary N) is 2. The molecule has 1 amide bonds. The second kappa shape index (κ2) is 8.08. The molecule has 10 heteroatoms. The van der Waals surface area contributed by atoms with Crippen LogP contribution < -0.4 is 10.9 Å². The highest BCUT2D eigenvalue weighted by molar-refractivity contribution is 7.99. The Labute approximate surface area is 186 Å². The minimum atomic E-state index is -0.124. The summed E-state index contributed by atoms with van der Waals surface area (Å²) in [5.74, 6) is 1.21. The molecule has 0 fully saturated rings. The highest BCUT2D eigenvalue weighted by atomic mass is 32.2. The molecule has 0 saturated carbocycles. The monoisotopic (exact) mass is 454 g/mol. The number of aryl methyl sites for hydroxylation is 2. The van der Waals surface area contributed by atoms with Crippen molar-refractivity contribution in [1.82, 2.24) is 24.7 Å². The Bertz CT molecular complexity index is 1350. The second-order valence-corrected chi connectivity index (χ2v) is 9.98. The summed E-state index contributed by atoms with van der Waals surface area (Å²) >= 11 is 3.04. The van der Waals surface area contributed by atoms with Crippen LogP contribution in [0.25, 0.3) is 21.3 Å². The molecule has 31 heavy (non-hydrogen) atoms. The van der Waals surface area contributed by atoms with Gasteiger partial charge in [0.15, 0.2) is 5.65 Å². The zero-order chi connectivity index (χ0) is 21.5. The van der Waals surface area contributed by atoms with Gasteiger partial charge in [0.2, 0.25) is 5.91 Å². The molecule has 0 spiro atoms. The van der Waals surface area contributed by atoms with Crippen LogP contribution in [0.5, 0.6) is 0 Å². The fraction of sp³-hybridized carbons (Fsp3) is 0.381. The number of amides is 1. The number of aromatic nitrogens is 5. The van der Waals surface area contributed by atoms with E-state index in [4.69, 9.17) is 0 Å². The van der Waals surface area contributed by atoms with E-state index >= 15 is 0 Å². The summed E-state index contributed by atoms with van der Waals surface area (Å²) in [7, 11) is 0. The van der Waals surface area contributed by atoms with Crippen LogP contribution in [0, 0.1) is 0 Å². The van der Waals surface area contributed by atoms with Gasteiger partial charge in [-0.2, -0.15) is 5.10 Å². The van der Waals surface area contributed by atoms with E-state index in [-0.39, 0.29) is 23.3 Å². The SMILES string of the molecule is CC(C)n1ncc2cc(NC(=O)CSCc3nc4sc5c(c4c(=O)[nH]3)CCC5)cnc21. The summed E-state index contributed by atoms with van der Waals surface area (Å²) in [6, 6.07) is 2.09. The molecule has 0 aliphatic heterocycles. The number of rotatable bonds is 6. The molecule has 0 saturated heterocycles. The van der Waals surface area contributed by atoms with E-state index < -0.39 is 0 Å². The number of hydrogen-bond acceptors (Lipinski definition) is 7. The van der Waals surface area contributed by atoms with E-state index in [1.807, 2.05) is 24.6 Å². The number of H-pyrrole nitrogens is 1. The number of fused-ring (bicyclic) bond motifs is 4. The molecule has 8 nitrogen and oxygen atoms in total. The largest absolute Gasteiger partial charge is 0.324 e. The fourth-order valence-electron chi connectivity index (χ4n) is 3.94. The number of hydrogen-bond donors (Lipinski definition) is 2. The molecule has 0 radical (unpaired) electrons. The molecule has 4 aromatic heterocycles. The van der Waals surface area contributed by atoms with E-state index in [2.05, 4.69) is 25.4 Å². The third kappa shape index (κ3) is 3.85. The number of pyridine rings is 1. The Kier molecular flexibility index (Phi) is 5.27. The summed E-state index contributed by atoms with van der Waals surface area (Å²) in [6.07, 6.45) is 6.53. The molecule has 4 heterocycles. The first kappa shape index (κ1) is 20.2. The second-order valence-electron chi connectivity index (χ2n) is 7.91. The molecular formula is C21H22N6O2S2. The van der Waals surface area contributed by atoms with Gasteiger partial charge in [-0.05, 0) is 44.7 Å². The summed E-state index contributed by atoms with van der Waals surface area (Å²) in [6.45, 7) is 4.10. The van der Waals surface area contributed by atoms with E-state index in [9.17, 15) is 9.59 Å². The zero-order valence-electron chi connectivity index (χ0n) is 17.3. The third-order valence-electron chi connectivity index (χ3n) is 5.30. The molecule has 0 atom stereocenters. The molecule has 1 aliphatic carbocycles. The van der Waals surface area contributed by atoms with Gasteiger partial charge in [0.25, 0.3) is 5.56 Å². The quantitative estimate of drug-likeness (QED) is 0.460. The van der Waals surface area contributed by atoms with Crippen molar-refractivity contribution in [1.29, 1.82) is 0 Å². The first-order valence-electron chi connectivity index (χ1n) is 10.2. The Morgan fingerprint density at radius 3 is 3.06 bits per heavy atom. The van der Waals surface area contributed by atoms with Crippen molar-refractivity contribution in [2.24, 2.45) is 0 Å². The van der Waals surface area contributed by atoms with Crippen LogP contribution in [-0.4, -0.2) is 36.4 Å². The molecular weight excluding hydrogens is 432 g/mol. The van der Waals surface area contributed by atoms with Crippen LogP contribution in [0.15, 0.2) is 23.3 Å². The Morgan fingerprint density at radius 2 is 2.23 bits per heavy atom. The Balaban J connectivity index is 1.21. The number of carbonyl (C=O) groups excluding carboxylic acids is 1. The number of aromatic amines is 1. The maximum Gasteiger partial charge on any atom is 0.259 e.